The second-order valence-corrected chi connectivity index (χ2v) is 7.80. The number of carbonyl (C=O) groups is 1. The molecule has 0 radical (unpaired) electrons. The Labute approximate surface area is 165 Å². The lowest BCUT2D eigenvalue weighted by Crippen LogP contribution is -2.25. The average Bonchev–Trinajstić information content (AvgIpc) is 2.59. The van der Waals surface area contributed by atoms with Gasteiger partial charge < -0.3 is 0 Å². The zero-order valence-corrected chi connectivity index (χ0v) is 16.5. The van der Waals surface area contributed by atoms with Crippen molar-refractivity contribution in [2.75, 3.05) is 5.75 Å². The van der Waals surface area contributed by atoms with Crippen molar-refractivity contribution in [3.63, 3.8) is 0 Å². The number of hydrogen-bond acceptors (Lipinski definition) is 4. The predicted molar refractivity (Wildman–Crippen MR) is 108 cm³/mol. The fourth-order valence-electron chi connectivity index (χ4n) is 2.60. The SMILES string of the molecule is CC(C)n1c(SCC(=O)c2ccccc2Cl)nc2cc(Cl)ccc2c1=O. The monoisotopic (exact) mass is 406 g/mol. The number of Topliss-reactive ketones (excluding diaryl/α,β-unsaturated/α-hetero) is 1. The zero-order valence-electron chi connectivity index (χ0n) is 14.2. The van der Waals surface area contributed by atoms with Gasteiger partial charge in [-0.15, -0.1) is 0 Å². The fourth-order valence-corrected chi connectivity index (χ4v) is 4.02. The van der Waals surface area contributed by atoms with E-state index in [4.69, 9.17) is 23.2 Å². The molecule has 0 saturated heterocycles. The van der Waals surface area contributed by atoms with Crippen LogP contribution in [0.4, 0.5) is 0 Å². The van der Waals surface area contributed by atoms with E-state index in [1.54, 1.807) is 47.0 Å². The molecule has 2 aromatic carbocycles. The normalized spacial score (nSPS) is 11.3. The van der Waals surface area contributed by atoms with Crippen LogP contribution in [0, 0.1) is 0 Å². The minimum atomic E-state index is -0.144. The summed E-state index contributed by atoms with van der Waals surface area (Å²) in [6.07, 6.45) is 0. The van der Waals surface area contributed by atoms with Crippen molar-refractivity contribution in [2.45, 2.75) is 25.0 Å². The minimum absolute atomic E-state index is 0.0898. The van der Waals surface area contributed by atoms with Crippen LogP contribution in [-0.4, -0.2) is 21.1 Å². The first-order valence-electron chi connectivity index (χ1n) is 8.01. The Balaban J connectivity index is 1.99. The van der Waals surface area contributed by atoms with Crippen molar-refractivity contribution in [1.82, 2.24) is 9.55 Å². The Bertz CT molecular complexity index is 1050. The van der Waals surface area contributed by atoms with Crippen LogP contribution < -0.4 is 5.56 Å². The summed E-state index contributed by atoms with van der Waals surface area (Å²) in [7, 11) is 0. The number of benzene rings is 2. The molecule has 0 fully saturated rings. The number of carbonyl (C=O) groups excluding carboxylic acids is 1. The van der Waals surface area contributed by atoms with Crippen LogP contribution in [0.2, 0.25) is 10.0 Å². The van der Waals surface area contributed by atoms with Gasteiger partial charge in [0.1, 0.15) is 0 Å². The summed E-state index contributed by atoms with van der Waals surface area (Å²) in [6, 6.07) is 11.8. The highest BCUT2D eigenvalue weighted by Gasteiger charge is 2.17. The molecular formula is C19H16Cl2N2O2S. The molecule has 134 valence electrons. The van der Waals surface area contributed by atoms with Crippen molar-refractivity contribution in [3.8, 4) is 0 Å². The molecule has 0 bridgehead atoms. The summed E-state index contributed by atoms with van der Waals surface area (Å²) in [4.78, 5) is 29.9. The van der Waals surface area contributed by atoms with Crippen LogP contribution in [0.15, 0.2) is 52.4 Å². The molecule has 26 heavy (non-hydrogen) atoms. The first-order chi connectivity index (χ1) is 12.4. The molecule has 4 nitrogen and oxygen atoms in total. The van der Waals surface area contributed by atoms with Crippen LogP contribution in [-0.2, 0) is 0 Å². The molecule has 7 heteroatoms. The summed E-state index contributed by atoms with van der Waals surface area (Å²) in [6.45, 7) is 3.82. The minimum Gasteiger partial charge on any atom is -0.293 e. The lowest BCUT2D eigenvalue weighted by Gasteiger charge is -2.16. The molecule has 3 rings (SSSR count). The summed E-state index contributed by atoms with van der Waals surface area (Å²) < 4.78 is 1.60. The molecule has 0 N–H and O–H groups in total. The van der Waals surface area contributed by atoms with E-state index in [9.17, 15) is 9.59 Å². The lowest BCUT2D eigenvalue weighted by atomic mass is 10.1. The van der Waals surface area contributed by atoms with Crippen LogP contribution in [0.5, 0.6) is 0 Å². The average molecular weight is 407 g/mol. The largest absolute Gasteiger partial charge is 0.293 e. The molecule has 0 aliphatic heterocycles. The van der Waals surface area contributed by atoms with Crippen molar-refractivity contribution >= 4 is 51.6 Å². The predicted octanol–water partition coefficient (Wildman–Crippen LogP) is 5.26. The molecule has 0 unspecified atom stereocenters. The van der Waals surface area contributed by atoms with Crippen LogP contribution >= 0.6 is 35.0 Å². The van der Waals surface area contributed by atoms with E-state index >= 15 is 0 Å². The molecule has 1 aromatic heterocycles. The van der Waals surface area contributed by atoms with Crippen LogP contribution in [0.25, 0.3) is 10.9 Å². The highest BCUT2D eigenvalue weighted by molar-refractivity contribution is 7.99. The van der Waals surface area contributed by atoms with E-state index in [0.29, 0.717) is 31.7 Å². The number of aromatic nitrogens is 2. The lowest BCUT2D eigenvalue weighted by molar-refractivity contribution is 0.102. The maximum absolute atomic E-state index is 12.8. The standard InChI is InChI=1S/C19H16Cl2N2O2S/c1-11(2)23-18(25)14-8-7-12(20)9-16(14)22-19(23)26-10-17(24)13-5-3-4-6-15(13)21/h3-9,11H,10H2,1-2H3. The quantitative estimate of drug-likeness (QED) is 0.329. The first kappa shape index (κ1) is 19.0. The fraction of sp³-hybridized carbons (Fsp3) is 0.211. The van der Waals surface area contributed by atoms with Gasteiger partial charge in [0.05, 0.1) is 21.7 Å². The molecule has 0 atom stereocenters. The van der Waals surface area contributed by atoms with E-state index in [-0.39, 0.29) is 23.1 Å². The van der Waals surface area contributed by atoms with E-state index in [2.05, 4.69) is 4.98 Å². The van der Waals surface area contributed by atoms with Crippen molar-refractivity contribution in [2.24, 2.45) is 0 Å². The van der Waals surface area contributed by atoms with Gasteiger partial charge in [-0.1, -0.05) is 47.1 Å². The second kappa shape index (κ2) is 7.82. The maximum atomic E-state index is 12.8. The number of rotatable bonds is 5. The van der Waals surface area contributed by atoms with Gasteiger partial charge in [-0.3, -0.25) is 14.2 Å². The highest BCUT2D eigenvalue weighted by Crippen LogP contribution is 2.24. The van der Waals surface area contributed by atoms with Gasteiger partial charge in [-0.05, 0) is 44.2 Å². The van der Waals surface area contributed by atoms with Crippen molar-refractivity contribution in [3.05, 3.63) is 68.4 Å². The van der Waals surface area contributed by atoms with Gasteiger partial charge in [0.2, 0.25) is 0 Å². The van der Waals surface area contributed by atoms with Crippen molar-refractivity contribution < 1.29 is 4.79 Å². The van der Waals surface area contributed by atoms with E-state index in [1.165, 1.54) is 11.8 Å². The molecule has 0 aliphatic rings. The molecule has 0 spiro atoms. The van der Waals surface area contributed by atoms with Crippen LogP contribution in [0.1, 0.15) is 30.2 Å². The van der Waals surface area contributed by atoms with Gasteiger partial charge >= 0.3 is 0 Å². The van der Waals surface area contributed by atoms with Gasteiger partial charge in [0, 0.05) is 16.6 Å². The van der Waals surface area contributed by atoms with E-state index in [1.807, 2.05) is 13.8 Å². The smallest absolute Gasteiger partial charge is 0.262 e. The number of halogens is 2. The van der Waals surface area contributed by atoms with E-state index < -0.39 is 0 Å². The highest BCUT2D eigenvalue weighted by atomic mass is 35.5. The molecule has 3 aromatic rings. The molecular weight excluding hydrogens is 391 g/mol. The zero-order chi connectivity index (χ0) is 18.8. The summed E-state index contributed by atoms with van der Waals surface area (Å²) in [5, 5.41) is 1.91. The van der Waals surface area contributed by atoms with Gasteiger partial charge in [0.15, 0.2) is 10.9 Å². The molecule has 0 aliphatic carbocycles. The van der Waals surface area contributed by atoms with Gasteiger partial charge in [0.25, 0.3) is 5.56 Å². The van der Waals surface area contributed by atoms with Crippen molar-refractivity contribution in [1.29, 1.82) is 0 Å². The Morgan fingerprint density at radius 2 is 1.92 bits per heavy atom. The summed E-state index contributed by atoms with van der Waals surface area (Å²) in [5.41, 5.74) is 0.838. The summed E-state index contributed by atoms with van der Waals surface area (Å²) >= 11 is 13.3. The Hall–Kier alpha value is -1.82. The third-order valence-corrected chi connectivity index (χ3v) is 5.37. The number of ketones is 1. The Morgan fingerprint density at radius 3 is 2.62 bits per heavy atom. The van der Waals surface area contributed by atoms with Crippen LogP contribution in [0.3, 0.4) is 0 Å². The molecule has 1 heterocycles. The number of fused-ring (bicyclic) bond motifs is 1. The van der Waals surface area contributed by atoms with Gasteiger partial charge in [-0.2, -0.15) is 0 Å². The van der Waals surface area contributed by atoms with Gasteiger partial charge in [-0.25, -0.2) is 4.98 Å². The number of thioether (sulfide) groups is 1. The Morgan fingerprint density at radius 1 is 1.19 bits per heavy atom. The molecule has 0 saturated carbocycles. The maximum Gasteiger partial charge on any atom is 0.262 e. The Kier molecular flexibility index (Phi) is 5.70. The summed E-state index contributed by atoms with van der Waals surface area (Å²) in [5.74, 6) is 0.0194. The number of hydrogen-bond donors (Lipinski definition) is 0. The third-order valence-electron chi connectivity index (χ3n) is 3.85. The molecule has 0 amide bonds. The third kappa shape index (κ3) is 3.80. The topological polar surface area (TPSA) is 52.0 Å². The second-order valence-electron chi connectivity index (χ2n) is 6.02. The van der Waals surface area contributed by atoms with E-state index in [0.717, 1.165) is 0 Å². The number of nitrogens with zero attached hydrogens (tertiary/aromatic N) is 2. The first-order valence-corrected chi connectivity index (χ1v) is 9.75.